The molecular weight excluding hydrogens is 422 g/mol. The summed E-state index contributed by atoms with van der Waals surface area (Å²) in [6.07, 6.45) is 0. The summed E-state index contributed by atoms with van der Waals surface area (Å²) >= 11 is 0. The highest BCUT2D eigenvalue weighted by atomic mass is 19.3. The first-order valence-electron chi connectivity index (χ1n) is 8.60. The third-order valence-corrected chi connectivity index (χ3v) is 4.07. The molecule has 2 aromatic rings. The van der Waals surface area contributed by atoms with Gasteiger partial charge >= 0.3 is 18.3 Å². The number of nitrogens with two attached hydrogens (primary N) is 1. The summed E-state index contributed by atoms with van der Waals surface area (Å²) in [5.41, 5.74) is 3.39. The lowest BCUT2D eigenvalue weighted by Crippen LogP contribution is -2.42. The molecule has 1 aromatic carbocycles. The van der Waals surface area contributed by atoms with Gasteiger partial charge in [-0.1, -0.05) is 6.07 Å². The van der Waals surface area contributed by atoms with E-state index in [9.17, 15) is 32.8 Å². The van der Waals surface area contributed by atoms with Crippen molar-refractivity contribution < 1.29 is 32.6 Å². The summed E-state index contributed by atoms with van der Waals surface area (Å²) < 4.78 is 34.9. The van der Waals surface area contributed by atoms with Crippen LogP contribution in [0.15, 0.2) is 33.9 Å². The quantitative estimate of drug-likeness (QED) is 0.409. The van der Waals surface area contributed by atoms with E-state index in [0.717, 1.165) is 17.7 Å². The van der Waals surface area contributed by atoms with Crippen LogP contribution in [0.2, 0.25) is 0 Å². The molecule has 166 valence electrons. The number of carbonyl (C=O) groups is 3. The number of ether oxygens (including phenoxy) is 2. The molecule has 13 heteroatoms. The molecule has 11 nitrogen and oxygen atoms in total. The summed E-state index contributed by atoms with van der Waals surface area (Å²) in [5.74, 6) is -3.35. The Balaban J connectivity index is 1.96. The molecule has 1 amide bonds. The molecule has 0 radical (unpaired) electrons. The minimum Gasteiger partial charge on any atom is -0.456 e. The van der Waals surface area contributed by atoms with Gasteiger partial charge in [0.15, 0.2) is 6.61 Å². The van der Waals surface area contributed by atoms with Crippen molar-refractivity contribution in [2.45, 2.75) is 6.61 Å². The summed E-state index contributed by atoms with van der Waals surface area (Å²) in [6, 6.07) is 4.88. The van der Waals surface area contributed by atoms with E-state index in [2.05, 4.69) is 10.1 Å². The second-order valence-electron chi connectivity index (χ2n) is 6.14. The summed E-state index contributed by atoms with van der Waals surface area (Å²) in [7, 11) is 2.42. The number of nitrogens with zero attached hydrogens (tertiary/aromatic N) is 2. The van der Waals surface area contributed by atoms with Gasteiger partial charge in [0.2, 0.25) is 5.78 Å². The number of nitrogen functional groups attached to an aromatic ring is 1. The van der Waals surface area contributed by atoms with Gasteiger partial charge in [0.05, 0.1) is 0 Å². The van der Waals surface area contributed by atoms with E-state index < -0.39 is 54.2 Å². The van der Waals surface area contributed by atoms with Crippen molar-refractivity contribution in [2.75, 3.05) is 18.9 Å². The van der Waals surface area contributed by atoms with Crippen LogP contribution >= 0.6 is 0 Å². The average Bonchev–Trinajstić information content (AvgIpc) is 2.73. The largest absolute Gasteiger partial charge is 0.456 e. The smallest absolute Gasteiger partial charge is 0.387 e. The number of nitrogens with one attached hydrogen (secondary N) is 1. The van der Waals surface area contributed by atoms with Gasteiger partial charge < -0.3 is 20.5 Å². The predicted octanol–water partition coefficient (Wildman–Crippen LogP) is -0.576. The van der Waals surface area contributed by atoms with Crippen LogP contribution in [0.25, 0.3) is 0 Å². The van der Waals surface area contributed by atoms with Crippen molar-refractivity contribution >= 4 is 23.5 Å². The average molecular weight is 440 g/mol. The number of hydrogen-bond acceptors (Lipinski definition) is 8. The number of carbonyl (C=O) groups excluding carboxylic acids is 3. The van der Waals surface area contributed by atoms with E-state index in [-0.39, 0.29) is 17.1 Å². The molecule has 1 heterocycles. The number of esters is 1. The van der Waals surface area contributed by atoms with Crippen LogP contribution in [0.4, 0.5) is 14.6 Å². The van der Waals surface area contributed by atoms with Crippen LogP contribution in [0.1, 0.15) is 20.7 Å². The van der Waals surface area contributed by atoms with Gasteiger partial charge in [-0.3, -0.25) is 28.3 Å². The first-order valence-corrected chi connectivity index (χ1v) is 8.60. The van der Waals surface area contributed by atoms with Gasteiger partial charge in [0.25, 0.3) is 11.5 Å². The SMILES string of the molecule is Cn1c(N)c(C(=O)COC(=O)CNC(=O)c2cccc(OC(F)F)c2)c(=O)n(C)c1=O. The van der Waals surface area contributed by atoms with Crippen LogP contribution in [-0.2, 0) is 23.6 Å². The second-order valence-corrected chi connectivity index (χ2v) is 6.14. The molecule has 0 saturated carbocycles. The summed E-state index contributed by atoms with van der Waals surface area (Å²) in [4.78, 5) is 59.9. The molecule has 0 aliphatic heterocycles. The fourth-order valence-electron chi connectivity index (χ4n) is 2.46. The Hall–Kier alpha value is -4.03. The molecule has 1 aromatic heterocycles. The molecular formula is C18H18F2N4O7. The monoisotopic (exact) mass is 440 g/mol. The van der Waals surface area contributed by atoms with Crippen molar-refractivity contribution in [3.8, 4) is 5.75 Å². The number of ketones is 1. The van der Waals surface area contributed by atoms with Crippen molar-refractivity contribution in [3.05, 3.63) is 56.2 Å². The molecule has 31 heavy (non-hydrogen) atoms. The number of alkyl halides is 2. The Morgan fingerprint density at radius 3 is 2.48 bits per heavy atom. The Morgan fingerprint density at radius 1 is 1.16 bits per heavy atom. The van der Waals surface area contributed by atoms with Crippen LogP contribution < -0.4 is 27.0 Å². The number of benzene rings is 1. The van der Waals surface area contributed by atoms with E-state index in [1.165, 1.54) is 25.2 Å². The number of rotatable bonds is 8. The zero-order valence-corrected chi connectivity index (χ0v) is 16.4. The number of halogens is 2. The zero-order chi connectivity index (χ0) is 23.3. The molecule has 0 unspecified atom stereocenters. The van der Waals surface area contributed by atoms with Crippen LogP contribution in [0, 0.1) is 0 Å². The van der Waals surface area contributed by atoms with Crippen LogP contribution in [0.5, 0.6) is 5.75 Å². The van der Waals surface area contributed by atoms with E-state index in [1.807, 2.05) is 0 Å². The zero-order valence-electron chi connectivity index (χ0n) is 16.4. The van der Waals surface area contributed by atoms with Gasteiger partial charge in [0.1, 0.15) is 23.7 Å². The number of amides is 1. The van der Waals surface area contributed by atoms with E-state index >= 15 is 0 Å². The lowest BCUT2D eigenvalue weighted by atomic mass is 10.2. The maximum Gasteiger partial charge on any atom is 0.387 e. The van der Waals surface area contributed by atoms with Gasteiger partial charge in [-0.15, -0.1) is 0 Å². The van der Waals surface area contributed by atoms with Crippen LogP contribution in [0.3, 0.4) is 0 Å². The van der Waals surface area contributed by atoms with Gasteiger partial charge in [-0.05, 0) is 18.2 Å². The summed E-state index contributed by atoms with van der Waals surface area (Å²) in [5, 5.41) is 2.19. The second kappa shape index (κ2) is 9.65. The molecule has 0 atom stereocenters. The minimum absolute atomic E-state index is 0.0523. The lowest BCUT2D eigenvalue weighted by Gasteiger charge is -2.11. The lowest BCUT2D eigenvalue weighted by molar-refractivity contribution is -0.141. The molecule has 2 rings (SSSR count). The molecule has 0 bridgehead atoms. The maximum absolute atomic E-state index is 12.2. The van der Waals surface area contributed by atoms with Crippen molar-refractivity contribution in [1.29, 1.82) is 0 Å². The highest BCUT2D eigenvalue weighted by molar-refractivity contribution is 6.01. The van der Waals surface area contributed by atoms with Crippen LogP contribution in [-0.4, -0.2) is 46.6 Å². The molecule has 0 fully saturated rings. The Labute approximate surface area is 173 Å². The molecule has 0 saturated heterocycles. The third kappa shape index (κ3) is 5.52. The first-order chi connectivity index (χ1) is 14.5. The molecule has 0 aliphatic carbocycles. The van der Waals surface area contributed by atoms with Crippen molar-refractivity contribution in [2.24, 2.45) is 14.1 Å². The van der Waals surface area contributed by atoms with E-state index in [1.54, 1.807) is 0 Å². The van der Waals surface area contributed by atoms with Gasteiger partial charge in [-0.2, -0.15) is 8.78 Å². The predicted molar refractivity (Wildman–Crippen MR) is 102 cm³/mol. The Morgan fingerprint density at radius 2 is 1.84 bits per heavy atom. The molecule has 3 N–H and O–H groups in total. The number of aromatic nitrogens is 2. The van der Waals surface area contributed by atoms with Gasteiger partial charge in [0, 0.05) is 19.7 Å². The topological polar surface area (TPSA) is 152 Å². The van der Waals surface area contributed by atoms with E-state index in [0.29, 0.717) is 4.57 Å². The Kier molecular flexibility index (Phi) is 7.24. The maximum atomic E-state index is 12.2. The minimum atomic E-state index is -3.07. The fraction of sp³-hybridized carbons (Fsp3) is 0.278. The third-order valence-electron chi connectivity index (χ3n) is 4.07. The normalized spacial score (nSPS) is 10.6. The first kappa shape index (κ1) is 23.3. The van der Waals surface area contributed by atoms with Crippen molar-refractivity contribution in [3.63, 3.8) is 0 Å². The molecule has 0 spiro atoms. The number of anilines is 1. The van der Waals surface area contributed by atoms with Crippen molar-refractivity contribution in [1.82, 2.24) is 14.5 Å². The molecule has 0 aliphatic rings. The standard InChI is InChI=1S/C18H18F2N4O7/c1-23-14(21)13(16(28)24(2)18(23)29)11(25)8-30-12(26)7-22-15(27)9-4-3-5-10(6-9)31-17(19)20/h3-6,17H,7-8,21H2,1-2H3,(H,22,27). The van der Waals surface area contributed by atoms with Gasteiger partial charge in [-0.25, -0.2) is 4.79 Å². The number of hydrogen-bond donors (Lipinski definition) is 2. The fourth-order valence-corrected chi connectivity index (χ4v) is 2.46. The summed E-state index contributed by atoms with van der Waals surface area (Å²) in [6.45, 7) is -4.57. The highest BCUT2D eigenvalue weighted by Crippen LogP contribution is 2.15. The Bertz CT molecular complexity index is 1140. The number of Topliss-reactive ketones (excluding diaryl/α,β-unsaturated/α-hetero) is 1. The highest BCUT2D eigenvalue weighted by Gasteiger charge is 2.21. The van der Waals surface area contributed by atoms with E-state index in [4.69, 9.17) is 10.5 Å².